The van der Waals surface area contributed by atoms with Gasteiger partial charge in [0.1, 0.15) is 17.6 Å². The number of hydrogen-bond acceptors (Lipinski definition) is 7. The molecular weight excluding hydrogens is 461 g/mol. The molecule has 3 aromatic rings. The van der Waals surface area contributed by atoms with Crippen LogP contribution in [0.5, 0.6) is 5.75 Å². The van der Waals surface area contributed by atoms with Crippen LogP contribution in [0.15, 0.2) is 66.3 Å². The molecule has 178 valence electrons. The maximum atomic E-state index is 13.0. The van der Waals surface area contributed by atoms with Gasteiger partial charge in [0.15, 0.2) is 11.0 Å². The van der Waals surface area contributed by atoms with Crippen molar-refractivity contribution in [3.63, 3.8) is 0 Å². The molecule has 2 amide bonds. The lowest BCUT2D eigenvalue weighted by atomic mass is 10.2. The molecule has 1 aromatic heterocycles. The number of carbonyl (C=O) groups excluding carboxylic acids is 2. The van der Waals surface area contributed by atoms with E-state index in [4.69, 9.17) is 4.74 Å². The zero-order chi connectivity index (χ0) is 24.5. The lowest BCUT2D eigenvalue weighted by Crippen LogP contribution is -2.33. The fourth-order valence-electron chi connectivity index (χ4n) is 3.00. The number of carbonyl (C=O) groups is 2. The zero-order valence-electron chi connectivity index (χ0n) is 18.4. The van der Waals surface area contributed by atoms with E-state index in [1.807, 2.05) is 0 Å². The van der Waals surface area contributed by atoms with Crippen molar-refractivity contribution in [1.82, 2.24) is 20.1 Å². The van der Waals surface area contributed by atoms with Gasteiger partial charge in [0.05, 0.1) is 19.5 Å². The molecule has 0 aliphatic rings. The standard InChI is InChI=1S/C23H24FN5O4S/c1-3-12-29-21(19(13-30)26-22(32)15-4-10-18(33-2)11-5-15)27-28-23(29)34-14-20(31)25-17-8-6-16(24)7-9-17/h3-11,19,30H,1,12-14H2,2H3,(H,25,31)(H,26,32). The summed E-state index contributed by atoms with van der Waals surface area (Å²) in [6.07, 6.45) is 1.62. The van der Waals surface area contributed by atoms with Crippen molar-refractivity contribution in [3.05, 3.63) is 78.4 Å². The van der Waals surface area contributed by atoms with Crippen molar-refractivity contribution in [2.45, 2.75) is 17.7 Å². The average Bonchev–Trinajstić information content (AvgIpc) is 3.25. The summed E-state index contributed by atoms with van der Waals surface area (Å²) in [5.74, 6) is -0.137. The Bertz CT molecular complexity index is 1140. The van der Waals surface area contributed by atoms with Crippen LogP contribution in [-0.2, 0) is 11.3 Å². The molecule has 1 heterocycles. The molecule has 9 nitrogen and oxygen atoms in total. The van der Waals surface area contributed by atoms with E-state index >= 15 is 0 Å². The number of nitrogens with zero attached hydrogens (tertiary/aromatic N) is 3. The first kappa shape index (κ1) is 24.9. The summed E-state index contributed by atoms with van der Waals surface area (Å²) in [5, 5.41) is 24.0. The highest BCUT2D eigenvalue weighted by atomic mass is 32.2. The topological polar surface area (TPSA) is 118 Å². The van der Waals surface area contributed by atoms with Crippen molar-refractivity contribution in [2.24, 2.45) is 0 Å². The van der Waals surface area contributed by atoms with Crippen LogP contribution in [0, 0.1) is 5.82 Å². The van der Waals surface area contributed by atoms with Gasteiger partial charge in [-0.3, -0.25) is 9.59 Å². The summed E-state index contributed by atoms with van der Waals surface area (Å²) in [5.41, 5.74) is 0.864. The first-order valence-electron chi connectivity index (χ1n) is 10.2. The first-order valence-corrected chi connectivity index (χ1v) is 11.2. The minimum Gasteiger partial charge on any atom is -0.497 e. The van der Waals surface area contributed by atoms with Crippen LogP contribution in [0.25, 0.3) is 0 Å². The van der Waals surface area contributed by atoms with E-state index in [-0.39, 0.29) is 11.7 Å². The molecule has 34 heavy (non-hydrogen) atoms. The smallest absolute Gasteiger partial charge is 0.251 e. The molecule has 0 saturated carbocycles. The average molecular weight is 486 g/mol. The Balaban J connectivity index is 1.69. The van der Waals surface area contributed by atoms with Gasteiger partial charge in [0.2, 0.25) is 5.91 Å². The second-order valence-corrected chi connectivity index (χ2v) is 7.96. The number of thioether (sulfide) groups is 1. The number of rotatable bonds is 11. The lowest BCUT2D eigenvalue weighted by molar-refractivity contribution is -0.113. The molecule has 0 fully saturated rings. The molecule has 1 unspecified atom stereocenters. The molecule has 1 atom stereocenters. The first-order chi connectivity index (χ1) is 16.4. The van der Waals surface area contributed by atoms with Crippen LogP contribution in [-0.4, -0.2) is 51.2 Å². The van der Waals surface area contributed by atoms with E-state index in [2.05, 4.69) is 27.4 Å². The molecule has 3 rings (SSSR count). The summed E-state index contributed by atoms with van der Waals surface area (Å²) in [6, 6.07) is 11.2. The highest BCUT2D eigenvalue weighted by Gasteiger charge is 2.23. The number of ether oxygens (including phenoxy) is 1. The third-order valence-corrected chi connectivity index (χ3v) is 5.64. The van der Waals surface area contributed by atoms with E-state index in [1.165, 1.54) is 31.4 Å². The number of halogens is 1. The van der Waals surface area contributed by atoms with Gasteiger partial charge < -0.3 is 25.0 Å². The quantitative estimate of drug-likeness (QED) is 0.282. The second kappa shape index (κ2) is 12.0. The number of aliphatic hydroxyl groups is 1. The van der Waals surface area contributed by atoms with Gasteiger partial charge in [-0.1, -0.05) is 17.8 Å². The lowest BCUT2D eigenvalue weighted by Gasteiger charge is -2.17. The number of allylic oxidation sites excluding steroid dienone is 1. The fraction of sp³-hybridized carbons (Fsp3) is 0.217. The molecule has 0 aliphatic carbocycles. The minimum atomic E-state index is -0.829. The van der Waals surface area contributed by atoms with Crippen LogP contribution in [0.2, 0.25) is 0 Å². The fourth-order valence-corrected chi connectivity index (χ4v) is 3.76. The van der Waals surface area contributed by atoms with Gasteiger partial charge in [-0.25, -0.2) is 4.39 Å². The van der Waals surface area contributed by atoms with Crippen molar-refractivity contribution in [3.8, 4) is 5.75 Å². The summed E-state index contributed by atoms with van der Waals surface area (Å²) in [7, 11) is 1.53. The minimum absolute atomic E-state index is 0.0225. The maximum Gasteiger partial charge on any atom is 0.251 e. The number of aliphatic hydroxyl groups excluding tert-OH is 1. The molecular formula is C23H24FN5O4S. The number of nitrogens with one attached hydrogen (secondary N) is 2. The monoisotopic (exact) mass is 485 g/mol. The van der Waals surface area contributed by atoms with E-state index in [0.717, 1.165) is 11.8 Å². The number of anilines is 1. The number of methoxy groups -OCH3 is 1. The zero-order valence-corrected chi connectivity index (χ0v) is 19.2. The predicted molar refractivity (Wildman–Crippen MR) is 126 cm³/mol. The summed E-state index contributed by atoms with van der Waals surface area (Å²) in [6.45, 7) is 3.62. The Labute approximate surface area is 200 Å². The van der Waals surface area contributed by atoms with Gasteiger partial charge in [-0.05, 0) is 48.5 Å². The van der Waals surface area contributed by atoms with E-state index < -0.39 is 24.4 Å². The van der Waals surface area contributed by atoms with Crippen LogP contribution in [0.4, 0.5) is 10.1 Å². The Morgan fingerprint density at radius 3 is 2.53 bits per heavy atom. The third-order valence-electron chi connectivity index (χ3n) is 4.67. The van der Waals surface area contributed by atoms with Crippen molar-refractivity contribution in [1.29, 1.82) is 0 Å². The van der Waals surface area contributed by atoms with Gasteiger partial charge >= 0.3 is 0 Å². The summed E-state index contributed by atoms with van der Waals surface area (Å²) < 4.78 is 19.8. The Hall–Kier alpha value is -3.70. The third kappa shape index (κ3) is 6.42. The Kier molecular flexibility index (Phi) is 8.77. The number of benzene rings is 2. The van der Waals surface area contributed by atoms with Gasteiger partial charge in [0, 0.05) is 17.8 Å². The Morgan fingerprint density at radius 1 is 1.21 bits per heavy atom. The molecule has 0 aliphatic heterocycles. The molecule has 0 spiro atoms. The molecule has 0 bridgehead atoms. The number of amides is 2. The van der Waals surface area contributed by atoms with E-state index in [1.54, 1.807) is 34.9 Å². The van der Waals surface area contributed by atoms with Crippen molar-refractivity contribution in [2.75, 3.05) is 24.8 Å². The molecule has 2 aromatic carbocycles. The SMILES string of the molecule is C=CCn1c(SCC(=O)Nc2ccc(F)cc2)nnc1C(CO)NC(=O)c1ccc(OC)cc1. The van der Waals surface area contributed by atoms with Crippen molar-refractivity contribution >= 4 is 29.3 Å². The molecule has 3 N–H and O–H groups in total. The number of hydrogen-bond donors (Lipinski definition) is 3. The normalized spacial score (nSPS) is 11.5. The summed E-state index contributed by atoms with van der Waals surface area (Å²) in [4.78, 5) is 24.9. The highest BCUT2D eigenvalue weighted by Crippen LogP contribution is 2.22. The maximum absolute atomic E-state index is 13.0. The van der Waals surface area contributed by atoms with Gasteiger partial charge in [-0.2, -0.15) is 0 Å². The van der Waals surface area contributed by atoms with Crippen LogP contribution in [0.1, 0.15) is 22.2 Å². The molecule has 11 heteroatoms. The largest absolute Gasteiger partial charge is 0.497 e. The molecule has 0 saturated heterocycles. The van der Waals surface area contributed by atoms with Crippen LogP contribution in [0.3, 0.4) is 0 Å². The highest BCUT2D eigenvalue weighted by molar-refractivity contribution is 7.99. The summed E-state index contributed by atoms with van der Waals surface area (Å²) >= 11 is 1.13. The predicted octanol–water partition coefficient (Wildman–Crippen LogP) is 2.81. The molecule has 0 radical (unpaired) electrons. The van der Waals surface area contributed by atoms with Crippen LogP contribution >= 0.6 is 11.8 Å². The van der Waals surface area contributed by atoms with E-state index in [9.17, 15) is 19.1 Å². The van der Waals surface area contributed by atoms with E-state index in [0.29, 0.717) is 34.5 Å². The number of aromatic nitrogens is 3. The van der Waals surface area contributed by atoms with Gasteiger partial charge in [0.25, 0.3) is 5.91 Å². The van der Waals surface area contributed by atoms with Gasteiger partial charge in [-0.15, -0.1) is 16.8 Å². The second-order valence-electron chi connectivity index (χ2n) is 7.02. The Morgan fingerprint density at radius 2 is 1.91 bits per heavy atom. The van der Waals surface area contributed by atoms with Crippen molar-refractivity contribution < 1.29 is 23.8 Å². The van der Waals surface area contributed by atoms with Crippen LogP contribution < -0.4 is 15.4 Å².